The molecule has 0 aliphatic carbocycles. The molecule has 0 fully saturated rings. The summed E-state index contributed by atoms with van der Waals surface area (Å²) in [5.41, 5.74) is 0.855. The summed E-state index contributed by atoms with van der Waals surface area (Å²) in [4.78, 5) is 11.5. The van der Waals surface area contributed by atoms with Crippen molar-refractivity contribution in [1.82, 2.24) is 15.1 Å². The van der Waals surface area contributed by atoms with Crippen LogP contribution in [0.4, 0.5) is 5.95 Å². The Labute approximate surface area is 120 Å². The van der Waals surface area contributed by atoms with E-state index in [1.807, 2.05) is 40.1 Å². The Kier molecular flexibility index (Phi) is 3.06. The summed E-state index contributed by atoms with van der Waals surface area (Å²) in [6, 6.07) is 3.83. The molecule has 0 unspecified atom stereocenters. The van der Waals surface area contributed by atoms with Crippen molar-refractivity contribution in [2.75, 3.05) is 19.0 Å². The number of aryl methyl sites for hydroxylation is 2. The van der Waals surface area contributed by atoms with Crippen LogP contribution in [0.3, 0.4) is 0 Å². The fourth-order valence-electron chi connectivity index (χ4n) is 1.74. The minimum absolute atomic E-state index is 0.484. The summed E-state index contributed by atoms with van der Waals surface area (Å²) in [6.45, 7) is 3.83. The number of hydrogen-bond donors (Lipinski definition) is 0. The predicted molar refractivity (Wildman–Crippen MR) is 76.9 cm³/mol. The lowest BCUT2D eigenvalue weighted by Crippen LogP contribution is -2.09. The second-order valence-corrected chi connectivity index (χ2v) is 5.64. The minimum atomic E-state index is 0.484. The van der Waals surface area contributed by atoms with Gasteiger partial charge in [0.25, 0.3) is 11.8 Å². The molecule has 0 amide bonds. The second kappa shape index (κ2) is 4.75. The van der Waals surface area contributed by atoms with E-state index in [9.17, 15) is 0 Å². The molecule has 0 saturated carbocycles. The highest BCUT2D eigenvalue weighted by Crippen LogP contribution is 2.35. The van der Waals surface area contributed by atoms with E-state index in [1.165, 1.54) is 11.3 Å². The number of thiazole rings is 1. The monoisotopic (exact) mass is 290 g/mol. The van der Waals surface area contributed by atoms with Crippen molar-refractivity contribution in [1.29, 1.82) is 0 Å². The first-order valence-electron chi connectivity index (χ1n) is 6.10. The first-order chi connectivity index (χ1) is 9.54. The molecule has 3 rings (SSSR count). The van der Waals surface area contributed by atoms with E-state index in [4.69, 9.17) is 8.94 Å². The molecular weight excluding hydrogens is 276 g/mol. The first-order valence-corrected chi connectivity index (χ1v) is 6.92. The average Bonchev–Trinajstić information content (AvgIpc) is 3.07. The minimum Gasteiger partial charge on any atom is -0.459 e. The van der Waals surface area contributed by atoms with Gasteiger partial charge in [0.15, 0.2) is 10.8 Å². The molecule has 0 radical (unpaired) electrons. The van der Waals surface area contributed by atoms with Crippen molar-refractivity contribution >= 4 is 17.3 Å². The van der Waals surface area contributed by atoms with Crippen molar-refractivity contribution in [3.63, 3.8) is 0 Å². The smallest absolute Gasteiger partial charge is 0.271 e. The van der Waals surface area contributed by atoms with Gasteiger partial charge in [-0.05, 0) is 31.1 Å². The van der Waals surface area contributed by atoms with Crippen LogP contribution >= 0.6 is 11.3 Å². The number of furan rings is 1. The second-order valence-electron chi connectivity index (χ2n) is 4.64. The fraction of sp³-hybridized carbons (Fsp3) is 0.308. The summed E-state index contributed by atoms with van der Waals surface area (Å²) in [6.07, 6.45) is 0. The number of aromatic nitrogens is 3. The third-order valence-corrected chi connectivity index (χ3v) is 3.92. The van der Waals surface area contributed by atoms with E-state index in [0.29, 0.717) is 11.8 Å². The molecule has 3 aromatic rings. The van der Waals surface area contributed by atoms with Crippen molar-refractivity contribution in [2.24, 2.45) is 0 Å². The van der Waals surface area contributed by atoms with Crippen LogP contribution in [0, 0.1) is 13.8 Å². The van der Waals surface area contributed by atoms with Gasteiger partial charge in [-0.2, -0.15) is 4.98 Å². The first kappa shape index (κ1) is 12.9. The largest absolute Gasteiger partial charge is 0.459 e. The molecule has 104 valence electrons. The van der Waals surface area contributed by atoms with E-state index >= 15 is 0 Å². The normalized spacial score (nSPS) is 11.0. The molecule has 0 aliphatic heterocycles. The van der Waals surface area contributed by atoms with Crippen LogP contribution in [0.1, 0.15) is 11.5 Å². The van der Waals surface area contributed by atoms with Crippen LogP contribution in [0.15, 0.2) is 21.1 Å². The van der Waals surface area contributed by atoms with E-state index < -0.39 is 0 Å². The van der Waals surface area contributed by atoms with Gasteiger partial charge in [0.1, 0.15) is 10.6 Å². The van der Waals surface area contributed by atoms with E-state index in [0.717, 1.165) is 27.1 Å². The zero-order chi connectivity index (χ0) is 14.3. The van der Waals surface area contributed by atoms with Crippen LogP contribution in [-0.4, -0.2) is 29.2 Å². The van der Waals surface area contributed by atoms with Gasteiger partial charge in [0.2, 0.25) is 0 Å². The van der Waals surface area contributed by atoms with Gasteiger partial charge in [-0.15, -0.1) is 11.3 Å². The molecule has 0 atom stereocenters. The predicted octanol–water partition coefficient (Wildman–Crippen LogP) is 3.14. The molecule has 3 aromatic heterocycles. The summed E-state index contributed by atoms with van der Waals surface area (Å²) < 4.78 is 10.9. The fourth-order valence-corrected chi connectivity index (χ4v) is 2.69. The Hall–Kier alpha value is -2.15. The summed E-state index contributed by atoms with van der Waals surface area (Å²) in [5.74, 6) is 2.65. The average molecular weight is 290 g/mol. The zero-order valence-electron chi connectivity index (χ0n) is 11.7. The molecule has 0 bridgehead atoms. The van der Waals surface area contributed by atoms with Gasteiger partial charge < -0.3 is 13.8 Å². The lowest BCUT2D eigenvalue weighted by molar-refractivity contribution is 0.431. The summed E-state index contributed by atoms with van der Waals surface area (Å²) in [7, 11) is 3.73. The Morgan fingerprint density at radius 1 is 1.15 bits per heavy atom. The van der Waals surface area contributed by atoms with E-state index in [-0.39, 0.29) is 0 Å². The van der Waals surface area contributed by atoms with Crippen molar-refractivity contribution in [3.05, 3.63) is 23.6 Å². The summed E-state index contributed by atoms with van der Waals surface area (Å²) >= 11 is 1.48. The molecule has 0 aliphatic rings. The standard InChI is InChI=1S/C13H14N4O2S/c1-7-5-6-9(18-7)12-14-8(2)10(20-12)11-15-13(16-19-11)17(3)4/h5-6H,1-4H3. The molecule has 0 saturated heterocycles. The molecule has 3 heterocycles. The van der Waals surface area contributed by atoms with Crippen LogP contribution in [0.25, 0.3) is 21.5 Å². The van der Waals surface area contributed by atoms with E-state index in [1.54, 1.807) is 4.90 Å². The number of nitrogens with zero attached hydrogens (tertiary/aromatic N) is 4. The van der Waals surface area contributed by atoms with Crippen molar-refractivity contribution in [2.45, 2.75) is 13.8 Å². The quantitative estimate of drug-likeness (QED) is 0.738. The number of anilines is 1. The molecule has 20 heavy (non-hydrogen) atoms. The molecule has 0 aromatic carbocycles. The number of rotatable bonds is 3. The van der Waals surface area contributed by atoms with Crippen LogP contribution in [0.5, 0.6) is 0 Å². The van der Waals surface area contributed by atoms with Crippen LogP contribution in [-0.2, 0) is 0 Å². The maximum Gasteiger partial charge on any atom is 0.271 e. The molecule has 7 heteroatoms. The highest BCUT2D eigenvalue weighted by Gasteiger charge is 2.19. The number of hydrogen-bond acceptors (Lipinski definition) is 7. The van der Waals surface area contributed by atoms with Gasteiger partial charge in [-0.25, -0.2) is 4.98 Å². The highest BCUT2D eigenvalue weighted by molar-refractivity contribution is 7.18. The Morgan fingerprint density at radius 2 is 1.95 bits per heavy atom. The summed E-state index contributed by atoms with van der Waals surface area (Å²) in [5, 5.41) is 4.73. The molecule has 0 spiro atoms. The topological polar surface area (TPSA) is 68.2 Å². The molecule has 6 nitrogen and oxygen atoms in total. The van der Waals surface area contributed by atoms with Crippen LogP contribution < -0.4 is 4.90 Å². The SMILES string of the molecule is Cc1ccc(-c2nc(C)c(-c3nc(N(C)C)no3)s2)o1. The maximum atomic E-state index is 5.59. The lowest BCUT2D eigenvalue weighted by Gasteiger charge is -2.02. The van der Waals surface area contributed by atoms with Gasteiger partial charge in [0, 0.05) is 14.1 Å². The van der Waals surface area contributed by atoms with Gasteiger partial charge >= 0.3 is 0 Å². The highest BCUT2D eigenvalue weighted by atomic mass is 32.1. The Bertz CT molecular complexity index is 741. The third kappa shape index (κ3) is 2.20. The zero-order valence-corrected chi connectivity index (χ0v) is 12.5. The van der Waals surface area contributed by atoms with Crippen LogP contribution in [0.2, 0.25) is 0 Å². The van der Waals surface area contributed by atoms with Gasteiger partial charge in [-0.3, -0.25) is 0 Å². The lowest BCUT2D eigenvalue weighted by atomic mass is 10.4. The van der Waals surface area contributed by atoms with Crippen molar-refractivity contribution in [3.8, 4) is 21.5 Å². The van der Waals surface area contributed by atoms with Gasteiger partial charge in [-0.1, -0.05) is 0 Å². The third-order valence-electron chi connectivity index (χ3n) is 2.76. The Balaban J connectivity index is 2.00. The van der Waals surface area contributed by atoms with Gasteiger partial charge in [0.05, 0.1) is 5.69 Å². The Morgan fingerprint density at radius 3 is 2.55 bits per heavy atom. The van der Waals surface area contributed by atoms with Crippen molar-refractivity contribution < 1.29 is 8.94 Å². The maximum absolute atomic E-state index is 5.59. The van der Waals surface area contributed by atoms with E-state index in [2.05, 4.69) is 15.1 Å². The molecule has 0 N–H and O–H groups in total. The molecular formula is C13H14N4O2S.